The molecule has 8 heteroatoms. The standard InChI is InChI=1S/C18H24FN5O2/c1-3-23-6-8-24(9-7-23)18-21-15(17(26)22-18)11-16(25)20-14-5-4-12(2)10-13(14)19/h4-5,10,15H,3,6-9,11H2,1-2H3,(H,20,25)(H,21,22,26). The Morgan fingerprint density at radius 2 is 2.08 bits per heavy atom. The van der Waals surface area contributed by atoms with Gasteiger partial charge < -0.3 is 15.1 Å². The van der Waals surface area contributed by atoms with Crippen molar-refractivity contribution in [3.05, 3.63) is 29.6 Å². The summed E-state index contributed by atoms with van der Waals surface area (Å²) < 4.78 is 13.8. The molecule has 0 bridgehead atoms. The Balaban J connectivity index is 1.58. The van der Waals surface area contributed by atoms with E-state index in [2.05, 4.69) is 27.4 Å². The molecule has 0 spiro atoms. The van der Waals surface area contributed by atoms with Crippen molar-refractivity contribution in [3.8, 4) is 0 Å². The monoisotopic (exact) mass is 361 g/mol. The van der Waals surface area contributed by atoms with E-state index in [0.29, 0.717) is 5.96 Å². The summed E-state index contributed by atoms with van der Waals surface area (Å²) in [5.74, 6) is -0.691. The van der Waals surface area contributed by atoms with Gasteiger partial charge in [-0.15, -0.1) is 0 Å². The largest absolute Gasteiger partial charge is 0.340 e. The van der Waals surface area contributed by atoms with Crippen LogP contribution in [0.25, 0.3) is 0 Å². The molecule has 26 heavy (non-hydrogen) atoms. The summed E-state index contributed by atoms with van der Waals surface area (Å²) in [4.78, 5) is 33.0. The van der Waals surface area contributed by atoms with Crippen LogP contribution in [0.4, 0.5) is 10.1 Å². The number of benzene rings is 1. The number of hydrogen-bond acceptors (Lipinski definition) is 5. The number of carbonyl (C=O) groups excluding carboxylic acids is 2. The molecular formula is C18H24FN5O2. The number of aryl methyl sites for hydroxylation is 1. The lowest BCUT2D eigenvalue weighted by molar-refractivity contribution is -0.124. The SMILES string of the molecule is CCN1CCN(C2=NC(CC(=O)Nc3ccc(C)cc3F)C(=O)N2)CC1. The van der Waals surface area contributed by atoms with E-state index in [-0.39, 0.29) is 18.0 Å². The Morgan fingerprint density at radius 1 is 1.35 bits per heavy atom. The molecule has 140 valence electrons. The molecule has 0 aromatic heterocycles. The second-order valence-corrected chi connectivity index (χ2v) is 6.61. The quantitative estimate of drug-likeness (QED) is 0.837. The average Bonchev–Trinajstić information content (AvgIpc) is 2.98. The predicted octanol–water partition coefficient (Wildman–Crippen LogP) is 0.955. The summed E-state index contributed by atoms with van der Waals surface area (Å²) >= 11 is 0. The number of guanidine groups is 1. The van der Waals surface area contributed by atoms with E-state index in [1.165, 1.54) is 12.1 Å². The zero-order valence-electron chi connectivity index (χ0n) is 15.1. The lowest BCUT2D eigenvalue weighted by Crippen LogP contribution is -2.51. The number of amides is 2. The predicted molar refractivity (Wildman–Crippen MR) is 97.4 cm³/mol. The van der Waals surface area contributed by atoms with Gasteiger partial charge in [-0.1, -0.05) is 13.0 Å². The molecule has 2 aliphatic rings. The Bertz CT molecular complexity index is 728. The van der Waals surface area contributed by atoms with E-state index >= 15 is 0 Å². The van der Waals surface area contributed by atoms with Gasteiger partial charge in [-0.3, -0.25) is 14.9 Å². The van der Waals surface area contributed by atoms with Gasteiger partial charge in [-0.25, -0.2) is 9.38 Å². The van der Waals surface area contributed by atoms with E-state index in [1.807, 2.05) is 4.90 Å². The van der Waals surface area contributed by atoms with Crippen molar-refractivity contribution in [1.29, 1.82) is 0 Å². The third-order valence-electron chi connectivity index (χ3n) is 4.71. The fourth-order valence-corrected chi connectivity index (χ4v) is 3.11. The summed E-state index contributed by atoms with van der Waals surface area (Å²) in [5, 5.41) is 5.27. The number of piperazine rings is 1. The maximum atomic E-state index is 13.8. The number of hydrogen-bond donors (Lipinski definition) is 2. The van der Waals surface area contributed by atoms with Gasteiger partial charge >= 0.3 is 0 Å². The smallest absolute Gasteiger partial charge is 0.252 e. The summed E-state index contributed by atoms with van der Waals surface area (Å²) in [7, 11) is 0. The van der Waals surface area contributed by atoms with Crippen LogP contribution in [-0.4, -0.2) is 66.3 Å². The Morgan fingerprint density at radius 3 is 2.73 bits per heavy atom. The van der Waals surface area contributed by atoms with Crippen molar-refractivity contribution < 1.29 is 14.0 Å². The van der Waals surface area contributed by atoms with Crippen LogP contribution in [0.15, 0.2) is 23.2 Å². The first kappa shape index (κ1) is 18.3. The van der Waals surface area contributed by atoms with Crippen molar-refractivity contribution in [1.82, 2.24) is 15.1 Å². The summed E-state index contributed by atoms with van der Waals surface area (Å²) in [6, 6.07) is 3.80. The molecule has 2 amide bonds. The molecular weight excluding hydrogens is 337 g/mol. The van der Waals surface area contributed by atoms with E-state index in [9.17, 15) is 14.0 Å². The van der Waals surface area contributed by atoms with E-state index in [1.54, 1.807) is 13.0 Å². The number of likely N-dealkylation sites (N-methyl/N-ethyl adjacent to an activating group) is 1. The van der Waals surface area contributed by atoms with E-state index < -0.39 is 17.8 Å². The molecule has 1 saturated heterocycles. The lowest BCUT2D eigenvalue weighted by atomic mass is 10.2. The molecule has 0 aliphatic carbocycles. The van der Waals surface area contributed by atoms with Gasteiger partial charge in [0.1, 0.15) is 11.9 Å². The maximum absolute atomic E-state index is 13.8. The molecule has 0 radical (unpaired) electrons. The highest BCUT2D eigenvalue weighted by Crippen LogP contribution is 2.17. The number of rotatable bonds is 4. The zero-order valence-corrected chi connectivity index (χ0v) is 15.1. The fraction of sp³-hybridized carbons (Fsp3) is 0.500. The second-order valence-electron chi connectivity index (χ2n) is 6.61. The van der Waals surface area contributed by atoms with Crippen molar-refractivity contribution in [2.45, 2.75) is 26.3 Å². The van der Waals surface area contributed by atoms with Gasteiger partial charge in [-0.2, -0.15) is 0 Å². The van der Waals surface area contributed by atoms with Crippen LogP contribution >= 0.6 is 0 Å². The van der Waals surface area contributed by atoms with Crippen molar-refractivity contribution in [2.75, 3.05) is 38.0 Å². The van der Waals surface area contributed by atoms with Gasteiger partial charge in [0, 0.05) is 26.2 Å². The van der Waals surface area contributed by atoms with Crippen LogP contribution in [0, 0.1) is 12.7 Å². The normalized spacial score (nSPS) is 20.7. The molecule has 3 rings (SSSR count). The average molecular weight is 361 g/mol. The first-order valence-electron chi connectivity index (χ1n) is 8.88. The molecule has 1 atom stereocenters. The molecule has 1 fully saturated rings. The summed E-state index contributed by atoms with van der Waals surface area (Å²) in [6.07, 6.45) is -0.114. The highest BCUT2D eigenvalue weighted by molar-refractivity contribution is 6.07. The minimum atomic E-state index is -0.775. The Kier molecular flexibility index (Phi) is 5.51. The fourth-order valence-electron chi connectivity index (χ4n) is 3.11. The minimum Gasteiger partial charge on any atom is -0.340 e. The Labute approximate surface area is 152 Å². The molecule has 1 aromatic rings. The molecule has 2 aliphatic heterocycles. The van der Waals surface area contributed by atoms with Gasteiger partial charge in [0.15, 0.2) is 0 Å². The first-order valence-corrected chi connectivity index (χ1v) is 8.88. The van der Waals surface area contributed by atoms with Crippen LogP contribution < -0.4 is 10.6 Å². The van der Waals surface area contributed by atoms with Gasteiger partial charge in [0.25, 0.3) is 5.91 Å². The summed E-state index contributed by atoms with van der Waals surface area (Å²) in [5.41, 5.74) is 0.881. The number of aliphatic imine (C=N–C) groups is 1. The van der Waals surface area contributed by atoms with Crippen molar-refractivity contribution in [2.24, 2.45) is 4.99 Å². The molecule has 0 saturated carbocycles. The zero-order chi connectivity index (χ0) is 18.7. The number of nitrogens with zero attached hydrogens (tertiary/aromatic N) is 3. The third kappa shape index (κ3) is 4.19. The number of carbonyl (C=O) groups is 2. The third-order valence-corrected chi connectivity index (χ3v) is 4.71. The summed E-state index contributed by atoms with van der Waals surface area (Å²) in [6.45, 7) is 8.32. The van der Waals surface area contributed by atoms with Crippen LogP contribution in [-0.2, 0) is 9.59 Å². The maximum Gasteiger partial charge on any atom is 0.252 e. The molecule has 1 aromatic carbocycles. The number of halogens is 1. The minimum absolute atomic E-state index is 0.110. The van der Waals surface area contributed by atoms with Gasteiger partial charge in [-0.05, 0) is 31.2 Å². The molecule has 2 heterocycles. The first-order chi connectivity index (χ1) is 12.5. The number of nitrogens with one attached hydrogen (secondary N) is 2. The highest BCUT2D eigenvalue weighted by atomic mass is 19.1. The van der Waals surface area contributed by atoms with Gasteiger partial charge in [0.05, 0.1) is 12.1 Å². The molecule has 1 unspecified atom stereocenters. The number of anilines is 1. The van der Waals surface area contributed by atoms with Crippen LogP contribution in [0.1, 0.15) is 18.9 Å². The molecule has 2 N–H and O–H groups in total. The second kappa shape index (κ2) is 7.82. The lowest BCUT2D eigenvalue weighted by Gasteiger charge is -2.34. The van der Waals surface area contributed by atoms with Crippen LogP contribution in [0.5, 0.6) is 0 Å². The highest BCUT2D eigenvalue weighted by Gasteiger charge is 2.32. The Hall–Kier alpha value is -2.48. The molecule has 7 nitrogen and oxygen atoms in total. The van der Waals surface area contributed by atoms with E-state index in [4.69, 9.17) is 0 Å². The van der Waals surface area contributed by atoms with Crippen LogP contribution in [0.2, 0.25) is 0 Å². The topological polar surface area (TPSA) is 77.0 Å². The van der Waals surface area contributed by atoms with E-state index in [0.717, 1.165) is 38.3 Å². The van der Waals surface area contributed by atoms with Crippen molar-refractivity contribution in [3.63, 3.8) is 0 Å². The van der Waals surface area contributed by atoms with Crippen LogP contribution in [0.3, 0.4) is 0 Å². The van der Waals surface area contributed by atoms with Gasteiger partial charge in [0.2, 0.25) is 11.9 Å². The van der Waals surface area contributed by atoms with Crippen molar-refractivity contribution >= 4 is 23.5 Å².